The number of epoxide rings is 1. The number of ether oxygens (including phenoxy) is 1. The van der Waals surface area contributed by atoms with Crippen LogP contribution in [0.15, 0.2) is 11.6 Å². The third-order valence-corrected chi connectivity index (χ3v) is 4.73. The zero-order valence-electron chi connectivity index (χ0n) is 11.3. The van der Waals surface area contributed by atoms with Crippen molar-refractivity contribution in [3.05, 3.63) is 11.6 Å². The highest BCUT2D eigenvalue weighted by atomic mass is 28.4. The lowest BCUT2D eigenvalue weighted by Crippen LogP contribution is -2.23. The van der Waals surface area contributed by atoms with Gasteiger partial charge in [0.1, 0.15) is 0 Å². The van der Waals surface area contributed by atoms with Crippen LogP contribution in [0.25, 0.3) is 0 Å². The summed E-state index contributed by atoms with van der Waals surface area (Å²) in [5.41, 5.74) is 1.56. The molecule has 1 aliphatic rings. The molecular formula is C13H26O2Si. The second-order valence-electron chi connectivity index (χ2n) is 6.15. The first-order valence-corrected chi connectivity index (χ1v) is 9.42. The summed E-state index contributed by atoms with van der Waals surface area (Å²) in [6.45, 7) is 10.5. The minimum absolute atomic E-state index is 0.125. The standard InChI is InChI=1S/C13H26O2Si/c1-11(7-6-10-16(4,5)14)8-9-12-13(2,3)15-12/h7,12,14H,6,8-10H2,1-5H3/b11-7+. The van der Waals surface area contributed by atoms with E-state index < -0.39 is 8.32 Å². The Kier molecular flexibility index (Phi) is 4.38. The normalized spacial score (nSPS) is 24.6. The predicted octanol–water partition coefficient (Wildman–Crippen LogP) is 3.48. The van der Waals surface area contributed by atoms with Crippen molar-refractivity contribution in [2.45, 2.75) is 70.9 Å². The molecule has 3 heteroatoms. The van der Waals surface area contributed by atoms with Gasteiger partial charge in [-0.2, -0.15) is 0 Å². The lowest BCUT2D eigenvalue weighted by molar-refractivity contribution is 0.320. The van der Waals surface area contributed by atoms with Gasteiger partial charge >= 0.3 is 0 Å². The molecule has 1 aliphatic heterocycles. The van der Waals surface area contributed by atoms with Crippen molar-refractivity contribution in [1.29, 1.82) is 0 Å². The minimum Gasteiger partial charge on any atom is -0.432 e. The lowest BCUT2D eigenvalue weighted by Gasteiger charge is -2.11. The van der Waals surface area contributed by atoms with Gasteiger partial charge in [-0.1, -0.05) is 11.6 Å². The summed E-state index contributed by atoms with van der Waals surface area (Å²) < 4.78 is 5.55. The van der Waals surface area contributed by atoms with E-state index in [1.165, 1.54) is 5.57 Å². The highest BCUT2D eigenvalue weighted by Crippen LogP contribution is 2.38. The van der Waals surface area contributed by atoms with Crippen LogP contribution in [0, 0.1) is 0 Å². The van der Waals surface area contributed by atoms with Crippen LogP contribution in [0.1, 0.15) is 40.0 Å². The molecule has 0 spiro atoms. The van der Waals surface area contributed by atoms with Gasteiger partial charge in [0.2, 0.25) is 0 Å². The highest BCUT2D eigenvalue weighted by molar-refractivity contribution is 6.69. The fraction of sp³-hybridized carbons (Fsp3) is 0.846. The van der Waals surface area contributed by atoms with Gasteiger partial charge in [0, 0.05) is 0 Å². The van der Waals surface area contributed by atoms with E-state index in [-0.39, 0.29) is 5.60 Å². The molecule has 1 N–H and O–H groups in total. The van der Waals surface area contributed by atoms with Crippen molar-refractivity contribution in [2.75, 3.05) is 0 Å². The highest BCUT2D eigenvalue weighted by Gasteiger charge is 2.46. The summed E-state index contributed by atoms with van der Waals surface area (Å²) in [5, 5.41) is 0. The smallest absolute Gasteiger partial charge is 0.182 e. The van der Waals surface area contributed by atoms with E-state index in [9.17, 15) is 4.80 Å². The van der Waals surface area contributed by atoms with Crippen molar-refractivity contribution in [1.82, 2.24) is 0 Å². The Morgan fingerprint density at radius 2 is 2.00 bits per heavy atom. The third-order valence-electron chi connectivity index (χ3n) is 3.21. The molecule has 0 aromatic rings. The first-order valence-electron chi connectivity index (χ1n) is 6.26. The van der Waals surface area contributed by atoms with Crippen molar-refractivity contribution in [3.63, 3.8) is 0 Å². The molecule has 1 unspecified atom stereocenters. The fourth-order valence-electron chi connectivity index (χ4n) is 1.87. The molecule has 0 aromatic heterocycles. The van der Waals surface area contributed by atoms with Crippen LogP contribution in [-0.4, -0.2) is 24.8 Å². The van der Waals surface area contributed by atoms with Gasteiger partial charge in [-0.3, -0.25) is 0 Å². The number of hydrogen-bond donors (Lipinski definition) is 1. The Hall–Kier alpha value is -0.123. The second-order valence-corrected chi connectivity index (χ2v) is 10.3. The van der Waals surface area contributed by atoms with Gasteiger partial charge in [-0.25, -0.2) is 0 Å². The molecule has 0 saturated carbocycles. The van der Waals surface area contributed by atoms with E-state index >= 15 is 0 Å². The van der Waals surface area contributed by atoms with Crippen LogP contribution in [0.4, 0.5) is 0 Å². The maximum Gasteiger partial charge on any atom is 0.182 e. The summed E-state index contributed by atoms with van der Waals surface area (Å²) in [7, 11) is -1.85. The van der Waals surface area contributed by atoms with Crippen molar-refractivity contribution < 1.29 is 9.53 Å². The summed E-state index contributed by atoms with van der Waals surface area (Å²) in [5.74, 6) is 0. The minimum atomic E-state index is -1.85. The molecular weight excluding hydrogens is 216 g/mol. The number of hydrogen-bond acceptors (Lipinski definition) is 2. The molecule has 0 amide bonds. The number of allylic oxidation sites excluding steroid dienone is 2. The van der Waals surface area contributed by atoms with E-state index in [0.717, 1.165) is 25.3 Å². The molecule has 1 fully saturated rings. The zero-order valence-corrected chi connectivity index (χ0v) is 12.3. The molecule has 16 heavy (non-hydrogen) atoms. The van der Waals surface area contributed by atoms with E-state index in [2.05, 4.69) is 26.8 Å². The van der Waals surface area contributed by atoms with Crippen LogP contribution in [-0.2, 0) is 4.74 Å². The molecule has 1 heterocycles. The summed E-state index contributed by atoms with van der Waals surface area (Å²) in [4.78, 5) is 9.72. The van der Waals surface area contributed by atoms with E-state index in [0.29, 0.717) is 6.10 Å². The van der Waals surface area contributed by atoms with E-state index in [4.69, 9.17) is 4.74 Å². The van der Waals surface area contributed by atoms with Crippen molar-refractivity contribution in [2.24, 2.45) is 0 Å². The first-order chi connectivity index (χ1) is 7.21. The van der Waals surface area contributed by atoms with Gasteiger partial charge in [0.15, 0.2) is 8.32 Å². The van der Waals surface area contributed by atoms with Gasteiger partial charge in [-0.15, -0.1) is 0 Å². The van der Waals surface area contributed by atoms with Crippen molar-refractivity contribution >= 4 is 8.32 Å². The van der Waals surface area contributed by atoms with Crippen molar-refractivity contribution in [3.8, 4) is 0 Å². The quantitative estimate of drug-likeness (QED) is 0.439. The Labute approximate surface area is 101 Å². The summed E-state index contributed by atoms with van der Waals surface area (Å²) in [6.07, 6.45) is 6.02. The molecule has 1 saturated heterocycles. The zero-order chi connectivity index (χ0) is 12.4. The largest absolute Gasteiger partial charge is 0.432 e. The third kappa shape index (κ3) is 5.28. The lowest BCUT2D eigenvalue weighted by atomic mass is 10.0. The van der Waals surface area contributed by atoms with Crippen LogP contribution >= 0.6 is 0 Å². The van der Waals surface area contributed by atoms with Crippen LogP contribution in [0.3, 0.4) is 0 Å². The predicted molar refractivity (Wildman–Crippen MR) is 71.1 cm³/mol. The van der Waals surface area contributed by atoms with E-state index in [1.807, 2.05) is 13.1 Å². The molecule has 1 atom stereocenters. The van der Waals surface area contributed by atoms with Crippen LogP contribution in [0.2, 0.25) is 19.1 Å². The molecule has 0 radical (unpaired) electrons. The maximum absolute atomic E-state index is 9.72. The molecule has 0 bridgehead atoms. The second kappa shape index (κ2) is 5.03. The van der Waals surface area contributed by atoms with Gasteiger partial charge in [0.25, 0.3) is 0 Å². The van der Waals surface area contributed by atoms with Gasteiger partial charge < -0.3 is 9.53 Å². The molecule has 0 aromatic carbocycles. The monoisotopic (exact) mass is 242 g/mol. The summed E-state index contributed by atoms with van der Waals surface area (Å²) >= 11 is 0. The SMILES string of the molecule is C/C(=C\CC[Si](C)(C)O)CCC1OC1(C)C. The van der Waals surface area contributed by atoms with Gasteiger partial charge in [0.05, 0.1) is 11.7 Å². The van der Waals surface area contributed by atoms with E-state index in [1.54, 1.807) is 0 Å². The van der Waals surface area contributed by atoms with Crippen LogP contribution in [0.5, 0.6) is 0 Å². The molecule has 2 nitrogen and oxygen atoms in total. The average Bonchev–Trinajstić information content (AvgIpc) is 2.68. The number of rotatable bonds is 6. The van der Waals surface area contributed by atoms with Crippen LogP contribution < -0.4 is 0 Å². The maximum atomic E-state index is 9.72. The topological polar surface area (TPSA) is 32.8 Å². The Morgan fingerprint density at radius 3 is 2.44 bits per heavy atom. The average molecular weight is 242 g/mol. The summed E-state index contributed by atoms with van der Waals surface area (Å²) in [6, 6.07) is 0.968. The Balaban J connectivity index is 2.15. The fourth-order valence-corrected chi connectivity index (χ4v) is 2.72. The molecule has 94 valence electrons. The Morgan fingerprint density at radius 1 is 1.44 bits per heavy atom. The first kappa shape index (κ1) is 13.9. The Bertz CT molecular complexity index is 264. The molecule has 0 aliphatic carbocycles. The molecule has 1 rings (SSSR count). The van der Waals surface area contributed by atoms with Gasteiger partial charge in [-0.05, 0) is 59.2 Å².